The highest BCUT2D eigenvalue weighted by Gasteiger charge is 2.19. The molecule has 0 fully saturated rings. The highest BCUT2D eigenvalue weighted by atomic mass is 16.4. The van der Waals surface area contributed by atoms with Gasteiger partial charge in [-0.05, 0) is 43.5 Å². The van der Waals surface area contributed by atoms with E-state index in [4.69, 9.17) is 4.42 Å². The quantitative estimate of drug-likeness (QED) is 0.412. The van der Waals surface area contributed by atoms with Crippen LogP contribution in [-0.2, 0) is 6.42 Å². The fraction of sp³-hybridized carbons (Fsp3) is 0.200. The van der Waals surface area contributed by atoms with Gasteiger partial charge in [-0.3, -0.25) is 0 Å². The molecule has 0 amide bonds. The van der Waals surface area contributed by atoms with Gasteiger partial charge < -0.3 is 9.32 Å². The number of fused-ring (bicyclic) bond motifs is 1. The van der Waals surface area contributed by atoms with Crippen LogP contribution >= 0.6 is 0 Å². The molecule has 0 unspecified atom stereocenters. The first kappa shape index (κ1) is 17.4. The molecule has 1 aromatic heterocycles. The van der Waals surface area contributed by atoms with E-state index in [1.807, 2.05) is 0 Å². The second-order valence-corrected chi connectivity index (χ2v) is 7.31. The average Bonchev–Trinajstić information content (AvgIpc) is 3.06. The van der Waals surface area contributed by atoms with Crippen molar-refractivity contribution < 1.29 is 4.42 Å². The average molecular weight is 355 g/mol. The van der Waals surface area contributed by atoms with Crippen molar-refractivity contribution in [2.45, 2.75) is 20.3 Å². The Hall–Kier alpha value is -3.00. The van der Waals surface area contributed by atoms with Gasteiger partial charge in [0.25, 0.3) is 0 Å². The van der Waals surface area contributed by atoms with E-state index in [2.05, 4.69) is 98.6 Å². The van der Waals surface area contributed by atoms with E-state index < -0.39 is 0 Å². The van der Waals surface area contributed by atoms with Crippen molar-refractivity contribution in [2.24, 2.45) is 0 Å². The summed E-state index contributed by atoms with van der Waals surface area (Å²) in [4.78, 5) is 2.23. The Morgan fingerprint density at radius 3 is 2.26 bits per heavy atom. The molecule has 136 valence electrons. The molecule has 0 aliphatic carbocycles. The van der Waals surface area contributed by atoms with Crippen LogP contribution in [0.4, 0.5) is 5.88 Å². The summed E-state index contributed by atoms with van der Waals surface area (Å²) in [6.45, 7) is 5.15. The Labute approximate surface area is 161 Å². The molecule has 2 heteroatoms. The minimum Gasteiger partial charge on any atom is -0.440 e. The first-order chi connectivity index (χ1) is 13.1. The summed E-state index contributed by atoms with van der Waals surface area (Å²) in [5.74, 6) is 0.940. The lowest BCUT2D eigenvalue weighted by atomic mass is 10.0. The molecule has 0 bridgehead atoms. The summed E-state index contributed by atoms with van der Waals surface area (Å²) in [6.07, 6.45) is 0.987. The van der Waals surface area contributed by atoms with Gasteiger partial charge in [0.05, 0.1) is 5.56 Å². The Balaban J connectivity index is 1.74. The van der Waals surface area contributed by atoms with Gasteiger partial charge in [-0.25, -0.2) is 0 Å². The van der Waals surface area contributed by atoms with Gasteiger partial charge in [-0.1, -0.05) is 71.8 Å². The van der Waals surface area contributed by atoms with Gasteiger partial charge in [-0.2, -0.15) is 0 Å². The first-order valence-corrected chi connectivity index (χ1v) is 9.47. The van der Waals surface area contributed by atoms with Gasteiger partial charge in [0, 0.05) is 19.0 Å². The zero-order valence-electron chi connectivity index (χ0n) is 16.2. The van der Waals surface area contributed by atoms with Crippen LogP contribution in [0.25, 0.3) is 22.1 Å². The van der Waals surface area contributed by atoms with Gasteiger partial charge >= 0.3 is 0 Å². The number of hydrogen-bond donors (Lipinski definition) is 0. The van der Waals surface area contributed by atoms with Gasteiger partial charge in [0.15, 0.2) is 0 Å². The molecule has 0 spiro atoms. The second-order valence-electron chi connectivity index (χ2n) is 7.31. The van der Waals surface area contributed by atoms with Crippen molar-refractivity contribution in [3.63, 3.8) is 0 Å². The van der Waals surface area contributed by atoms with Crippen LogP contribution in [0, 0.1) is 13.8 Å². The Morgan fingerprint density at radius 1 is 0.815 bits per heavy atom. The zero-order chi connectivity index (χ0) is 18.8. The molecule has 1 heterocycles. The Kier molecular flexibility index (Phi) is 4.72. The number of rotatable bonds is 5. The highest BCUT2D eigenvalue weighted by molar-refractivity contribution is 6.00. The van der Waals surface area contributed by atoms with Crippen molar-refractivity contribution in [3.05, 3.63) is 89.5 Å². The standard InChI is InChI=1S/C25H25NO/c1-18-9-12-21(13-10-18)24-22-17-19(2)11-14-23(22)27-25(24)26(3)16-15-20-7-5-4-6-8-20/h4-14,17H,15-16H2,1-3H3. The predicted molar refractivity (Wildman–Crippen MR) is 115 cm³/mol. The van der Waals surface area contributed by atoms with Crippen LogP contribution < -0.4 is 4.90 Å². The van der Waals surface area contributed by atoms with Crippen molar-refractivity contribution >= 4 is 16.9 Å². The Morgan fingerprint density at radius 2 is 1.52 bits per heavy atom. The molecule has 0 aliphatic rings. The molecule has 0 radical (unpaired) electrons. The first-order valence-electron chi connectivity index (χ1n) is 9.47. The number of hydrogen-bond acceptors (Lipinski definition) is 2. The largest absolute Gasteiger partial charge is 0.440 e. The molecule has 3 aromatic carbocycles. The topological polar surface area (TPSA) is 16.4 Å². The molecule has 2 nitrogen and oxygen atoms in total. The van der Waals surface area contributed by atoms with Gasteiger partial charge in [0.1, 0.15) is 5.58 Å². The van der Waals surface area contributed by atoms with E-state index >= 15 is 0 Å². The summed E-state index contributed by atoms with van der Waals surface area (Å²) in [5, 5.41) is 1.18. The zero-order valence-corrected chi connectivity index (χ0v) is 16.2. The lowest BCUT2D eigenvalue weighted by Crippen LogP contribution is -2.20. The number of benzene rings is 3. The van der Waals surface area contributed by atoms with Crippen molar-refractivity contribution in [3.8, 4) is 11.1 Å². The van der Waals surface area contributed by atoms with Crippen LogP contribution in [0.5, 0.6) is 0 Å². The van der Waals surface area contributed by atoms with Crippen molar-refractivity contribution in [1.29, 1.82) is 0 Å². The number of nitrogens with zero attached hydrogens (tertiary/aromatic N) is 1. The fourth-order valence-electron chi connectivity index (χ4n) is 3.51. The molecule has 4 aromatic rings. The maximum atomic E-state index is 6.31. The normalized spacial score (nSPS) is 11.1. The van der Waals surface area contributed by atoms with E-state index in [9.17, 15) is 0 Å². The molecule has 0 saturated heterocycles. The smallest absolute Gasteiger partial charge is 0.204 e. The highest BCUT2D eigenvalue weighted by Crippen LogP contribution is 2.40. The summed E-state index contributed by atoms with van der Waals surface area (Å²) in [5.41, 5.74) is 7.18. The predicted octanol–water partition coefficient (Wildman–Crippen LogP) is 6.40. The molecular weight excluding hydrogens is 330 g/mol. The van der Waals surface area contributed by atoms with Crippen LogP contribution in [0.2, 0.25) is 0 Å². The SMILES string of the molecule is Cc1ccc(-c2c(N(C)CCc3ccccc3)oc3ccc(C)cc23)cc1. The Bertz CT molecular complexity index is 1050. The number of aryl methyl sites for hydroxylation is 2. The van der Waals surface area contributed by atoms with E-state index in [1.54, 1.807) is 0 Å². The molecule has 4 rings (SSSR count). The third-order valence-electron chi connectivity index (χ3n) is 5.09. The van der Waals surface area contributed by atoms with Crippen LogP contribution in [0.15, 0.2) is 77.2 Å². The summed E-state index contributed by atoms with van der Waals surface area (Å²) in [7, 11) is 2.12. The summed E-state index contributed by atoms with van der Waals surface area (Å²) in [6, 6.07) is 25.7. The van der Waals surface area contributed by atoms with Crippen LogP contribution in [-0.4, -0.2) is 13.6 Å². The van der Waals surface area contributed by atoms with Gasteiger partial charge in [-0.15, -0.1) is 0 Å². The molecule has 27 heavy (non-hydrogen) atoms. The lowest BCUT2D eigenvalue weighted by molar-refractivity contribution is 0.597. The maximum Gasteiger partial charge on any atom is 0.204 e. The van der Waals surface area contributed by atoms with Crippen molar-refractivity contribution in [1.82, 2.24) is 0 Å². The molecule has 0 aliphatic heterocycles. The molecular formula is C25H25NO. The maximum absolute atomic E-state index is 6.31. The van der Waals surface area contributed by atoms with E-state index in [0.717, 1.165) is 24.4 Å². The van der Waals surface area contributed by atoms with E-state index in [0.29, 0.717) is 0 Å². The number of furan rings is 1. The summed E-state index contributed by atoms with van der Waals surface area (Å²) < 4.78 is 6.31. The third-order valence-corrected chi connectivity index (χ3v) is 5.09. The molecule has 0 saturated carbocycles. The fourth-order valence-corrected chi connectivity index (χ4v) is 3.51. The van der Waals surface area contributed by atoms with Crippen LogP contribution in [0.1, 0.15) is 16.7 Å². The number of anilines is 1. The minimum absolute atomic E-state index is 0.904. The minimum atomic E-state index is 0.904. The lowest BCUT2D eigenvalue weighted by Gasteiger charge is -2.18. The third kappa shape index (κ3) is 3.61. The van der Waals surface area contributed by atoms with Crippen molar-refractivity contribution in [2.75, 3.05) is 18.5 Å². The molecule has 0 atom stereocenters. The second kappa shape index (κ2) is 7.32. The van der Waals surface area contributed by atoms with E-state index in [-0.39, 0.29) is 0 Å². The molecule has 0 N–H and O–H groups in total. The number of likely N-dealkylation sites (N-methyl/N-ethyl adjacent to an activating group) is 1. The van der Waals surface area contributed by atoms with Crippen LogP contribution in [0.3, 0.4) is 0 Å². The van der Waals surface area contributed by atoms with E-state index in [1.165, 1.54) is 33.2 Å². The monoisotopic (exact) mass is 355 g/mol. The summed E-state index contributed by atoms with van der Waals surface area (Å²) >= 11 is 0. The van der Waals surface area contributed by atoms with Gasteiger partial charge in [0.2, 0.25) is 5.88 Å².